The molecule has 1 amide bonds. The smallest absolute Gasteiger partial charge is 0.353 e. The lowest BCUT2D eigenvalue weighted by Crippen LogP contribution is -2.29. The van der Waals surface area contributed by atoms with Crippen molar-refractivity contribution in [3.8, 4) is 0 Å². The fourth-order valence-corrected chi connectivity index (χ4v) is 3.71. The van der Waals surface area contributed by atoms with Crippen LogP contribution in [0.25, 0.3) is 0 Å². The fourth-order valence-electron chi connectivity index (χ4n) is 3.71. The van der Waals surface area contributed by atoms with Gasteiger partial charge in [-0.2, -0.15) is 13.2 Å². The summed E-state index contributed by atoms with van der Waals surface area (Å²) in [6.07, 6.45) is -3.10. The molecule has 156 valence electrons. The third kappa shape index (κ3) is 4.89. The van der Waals surface area contributed by atoms with Crippen molar-refractivity contribution in [3.63, 3.8) is 0 Å². The maximum atomic E-state index is 13.0. The van der Waals surface area contributed by atoms with Crippen LogP contribution >= 0.6 is 0 Å². The number of carbonyl (C=O) groups excluding carboxylic acids is 1. The van der Waals surface area contributed by atoms with Crippen LogP contribution in [0, 0.1) is 0 Å². The largest absolute Gasteiger partial charge is 0.421 e. The fraction of sp³-hybridized carbons (Fsp3) is 0.455. The van der Waals surface area contributed by atoms with Crippen molar-refractivity contribution in [2.45, 2.75) is 63.6 Å². The molecule has 2 heterocycles. The number of halogens is 3. The molecule has 2 N–H and O–H groups in total. The predicted molar refractivity (Wildman–Crippen MR) is 105 cm³/mol. The van der Waals surface area contributed by atoms with Gasteiger partial charge < -0.3 is 10.3 Å². The molecular weight excluding hydrogens is 381 g/mol. The average molecular weight is 406 g/mol. The van der Waals surface area contributed by atoms with E-state index in [1.807, 2.05) is 24.3 Å². The number of hydrogen-bond acceptors (Lipinski definition) is 2. The van der Waals surface area contributed by atoms with Crippen LogP contribution in [0.5, 0.6) is 0 Å². The van der Waals surface area contributed by atoms with Crippen molar-refractivity contribution in [1.82, 2.24) is 10.3 Å². The highest BCUT2D eigenvalue weighted by Crippen LogP contribution is 2.33. The van der Waals surface area contributed by atoms with Gasteiger partial charge in [0.05, 0.1) is 0 Å². The van der Waals surface area contributed by atoms with E-state index in [9.17, 15) is 22.8 Å². The van der Waals surface area contributed by atoms with Crippen molar-refractivity contribution in [1.29, 1.82) is 0 Å². The maximum absolute atomic E-state index is 13.0. The SMILES string of the molecule is CC(C)(C)c1ccc(C(C[C@H]2CCC(=O)N2)c2ccc(C(F)(F)F)c(=O)[nH]2)cc1. The molecule has 4 nitrogen and oxygen atoms in total. The minimum Gasteiger partial charge on any atom is -0.353 e. The monoisotopic (exact) mass is 406 g/mol. The number of alkyl halides is 3. The highest BCUT2D eigenvalue weighted by molar-refractivity contribution is 5.78. The van der Waals surface area contributed by atoms with Crippen LogP contribution < -0.4 is 10.9 Å². The van der Waals surface area contributed by atoms with Crippen LogP contribution in [0.2, 0.25) is 0 Å². The van der Waals surface area contributed by atoms with Gasteiger partial charge in [0.15, 0.2) is 0 Å². The molecule has 1 aliphatic heterocycles. The van der Waals surface area contributed by atoms with Gasteiger partial charge in [0.25, 0.3) is 5.56 Å². The van der Waals surface area contributed by atoms with E-state index in [1.54, 1.807) is 0 Å². The van der Waals surface area contributed by atoms with Crippen LogP contribution in [0.1, 0.15) is 68.3 Å². The number of nitrogens with one attached hydrogen (secondary N) is 2. The maximum Gasteiger partial charge on any atom is 0.421 e. The van der Waals surface area contributed by atoms with Crippen LogP contribution in [0.15, 0.2) is 41.2 Å². The van der Waals surface area contributed by atoms with Gasteiger partial charge in [-0.25, -0.2) is 0 Å². The summed E-state index contributed by atoms with van der Waals surface area (Å²) in [6.45, 7) is 6.29. The van der Waals surface area contributed by atoms with E-state index in [0.29, 0.717) is 25.0 Å². The topological polar surface area (TPSA) is 62.0 Å². The van der Waals surface area contributed by atoms with Crippen LogP contribution in [-0.4, -0.2) is 16.9 Å². The Labute approximate surface area is 167 Å². The molecule has 1 aliphatic rings. The van der Waals surface area contributed by atoms with Gasteiger partial charge in [0.2, 0.25) is 5.91 Å². The van der Waals surface area contributed by atoms with Crippen LogP contribution in [0.4, 0.5) is 13.2 Å². The van der Waals surface area contributed by atoms with Gasteiger partial charge in [-0.15, -0.1) is 0 Å². The first-order chi connectivity index (χ1) is 13.4. The molecule has 0 aliphatic carbocycles. The van der Waals surface area contributed by atoms with Gasteiger partial charge in [0.1, 0.15) is 5.56 Å². The molecule has 3 rings (SSSR count). The van der Waals surface area contributed by atoms with E-state index < -0.39 is 17.3 Å². The average Bonchev–Trinajstić information content (AvgIpc) is 3.03. The summed E-state index contributed by atoms with van der Waals surface area (Å²) in [4.78, 5) is 26.1. The van der Waals surface area contributed by atoms with Crippen molar-refractivity contribution in [2.24, 2.45) is 0 Å². The number of aromatic amines is 1. The normalized spacial score (nSPS) is 18.6. The third-order valence-corrected chi connectivity index (χ3v) is 5.40. The van der Waals surface area contributed by atoms with Gasteiger partial charge >= 0.3 is 6.18 Å². The van der Waals surface area contributed by atoms with E-state index in [-0.39, 0.29) is 23.3 Å². The third-order valence-electron chi connectivity index (χ3n) is 5.40. The molecule has 29 heavy (non-hydrogen) atoms. The molecule has 0 bridgehead atoms. The van der Waals surface area contributed by atoms with E-state index in [1.165, 1.54) is 6.07 Å². The van der Waals surface area contributed by atoms with E-state index >= 15 is 0 Å². The standard InChI is InChI=1S/C22H25F3N2O2/c1-21(2,3)14-6-4-13(5-7-14)16(12-15-8-11-19(28)26-15)18-10-9-17(20(29)27-18)22(23,24)25/h4-7,9-10,15-16H,8,11-12H2,1-3H3,(H,26,28)(H,27,29)/t15-,16?/m1/s1. The zero-order valence-electron chi connectivity index (χ0n) is 16.7. The minimum atomic E-state index is -4.70. The molecule has 1 aromatic carbocycles. The molecule has 2 aromatic rings. The second-order valence-corrected chi connectivity index (χ2v) is 8.62. The quantitative estimate of drug-likeness (QED) is 0.786. The number of amides is 1. The Morgan fingerprint density at radius 1 is 1.03 bits per heavy atom. The van der Waals surface area contributed by atoms with Crippen molar-refractivity contribution < 1.29 is 18.0 Å². The summed E-state index contributed by atoms with van der Waals surface area (Å²) in [5.41, 5.74) is 0.0344. The highest BCUT2D eigenvalue weighted by Gasteiger charge is 2.34. The number of pyridine rings is 1. The van der Waals surface area contributed by atoms with Gasteiger partial charge in [0, 0.05) is 24.1 Å². The minimum absolute atomic E-state index is 0.0299. The number of rotatable bonds is 4. The van der Waals surface area contributed by atoms with Crippen molar-refractivity contribution in [3.05, 3.63) is 69.1 Å². The summed E-state index contributed by atoms with van der Waals surface area (Å²) in [6, 6.07) is 9.95. The molecule has 2 atom stereocenters. The van der Waals surface area contributed by atoms with Crippen molar-refractivity contribution >= 4 is 5.91 Å². The zero-order chi connectivity index (χ0) is 21.4. The Morgan fingerprint density at radius 3 is 2.17 bits per heavy atom. The Morgan fingerprint density at radius 2 is 1.69 bits per heavy atom. The Hall–Kier alpha value is -2.57. The lowest BCUT2D eigenvalue weighted by atomic mass is 9.83. The van der Waals surface area contributed by atoms with Crippen molar-refractivity contribution in [2.75, 3.05) is 0 Å². The number of aromatic nitrogens is 1. The second kappa shape index (κ2) is 7.69. The molecule has 0 radical (unpaired) electrons. The summed E-state index contributed by atoms with van der Waals surface area (Å²) in [5.74, 6) is -0.361. The van der Waals surface area contributed by atoms with Gasteiger partial charge in [-0.05, 0) is 41.5 Å². The Balaban J connectivity index is 1.98. The summed E-state index contributed by atoms with van der Waals surface area (Å²) < 4.78 is 38.9. The second-order valence-electron chi connectivity index (χ2n) is 8.62. The Kier molecular flexibility index (Phi) is 5.61. The molecule has 0 saturated carbocycles. The van der Waals surface area contributed by atoms with Crippen LogP contribution in [-0.2, 0) is 16.4 Å². The van der Waals surface area contributed by atoms with E-state index in [0.717, 1.165) is 17.2 Å². The molecule has 1 saturated heterocycles. The molecule has 7 heteroatoms. The molecule has 0 spiro atoms. The first-order valence-electron chi connectivity index (χ1n) is 9.65. The number of carbonyl (C=O) groups is 1. The molecule has 1 unspecified atom stereocenters. The lowest BCUT2D eigenvalue weighted by Gasteiger charge is -2.24. The molecule has 1 aromatic heterocycles. The lowest BCUT2D eigenvalue weighted by molar-refractivity contribution is -0.138. The van der Waals surface area contributed by atoms with Crippen LogP contribution in [0.3, 0.4) is 0 Å². The summed E-state index contributed by atoms with van der Waals surface area (Å²) in [7, 11) is 0. The number of benzene rings is 1. The van der Waals surface area contributed by atoms with Gasteiger partial charge in [-0.3, -0.25) is 9.59 Å². The summed E-state index contributed by atoms with van der Waals surface area (Å²) in [5, 5.41) is 2.90. The molecular formula is C22H25F3N2O2. The predicted octanol–water partition coefficient (Wildman–Crippen LogP) is 4.49. The van der Waals surface area contributed by atoms with E-state index in [2.05, 4.69) is 31.1 Å². The first-order valence-corrected chi connectivity index (χ1v) is 9.65. The Bertz CT molecular complexity index is 940. The number of H-pyrrole nitrogens is 1. The zero-order valence-corrected chi connectivity index (χ0v) is 16.7. The summed E-state index contributed by atoms with van der Waals surface area (Å²) >= 11 is 0. The highest BCUT2D eigenvalue weighted by atomic mass is 19.4. The van der Waals surface area contributed by atoms with E-state index in [4.69, 9.17) is 0 Å². The van der Waals surface area contributed by atoms with Gasteiger partial charge in [-0.1, -0.05) is 45.0 Å². The number of hydrogen-bond donors (Lipinski definition) is 2. The molecule has 1 fully saturated rings. The first kappa shape index (κ1) is 21.1.